The Morgan fingerprint density at radius 1 is 1.15 bits per heavy atom. The Labute approximate surface area is 149 Å². The molecule has 0 aliphatic rings. The van der Waals surface area contributed by atoms with Gasteiger partial charge >= 0.3 is 0 Å². The van der Waals surface area contributed by atoms with E-state index in [2.05, 4.69) is 10.3 Å². The van der Waals surface area contributed by atoms with Gasteiger partial charge in [-0.1, -0.05) is 18.2 Å². The summed E-state index contributed by atoms with van der Waals surface area (Å²) in [5.74, 6) is 0.520. The molecule has 132 valence electrons. The number of hydrogen-bond acceptors (Lipinski definition) is 5. The Bertz CT molecular complexity index is 1090. The van der Waals surface area contributed by atoms with E-state index in [0.29, 0.717) is 41.5 Å². The number of carbonyl (C=O) groups excluding carboxylic acids is 1. The lowest BCUT2D eigenvalue weighted by molar-refractivity contribution is 0.0984. The number of anilines is 1. The Morgan fingerprint density at radius 3 is 2.85 bits per heavy atom. The van der Waals surface area contributed by atoms with Gasteiger partial charge in [0.25, 0.3) is 5.91 Å². The molecule has 1 amide bonds. The number of fused-ring (bicyclic) bond motifs is 2. The molecule has 0 saturated heterocycles. The fraction of sp³-hybridized carbons (Fsp3) is 0.200. The van der Waals surface area contributed by atoms with Gasteiger partial charge in [0.15, 0.2) is 17.2 Å². The second kappa shape index (κ2) is 6.65. The Balaban J connectivity index is 1.68. The molecule has 0 atom stereocenters. The SMILES string of the molecule is CCOCc1c(C(=O)Nc2ccc3oc(C)nc3c2)oc2ccccc12. The summed E-state index contributed by atoms with van der Waals surface area (Å²) >= 11 is 0. The summed E-state index contributed by atoms with van der Waals surface area (Å²) in [6, 6.07) is 12.9. The number of ether oxygens (including phenoxy) is 1. The molecule has 1 N–H and O–H groups in total. The third-order valence-electron chi connectivity index (χ3n) is 4.11. The number of amides is 1. The summed E-state index contributed by atoms with van der Waals surface area (Å²) in [7, 11) is 0. The van der Waals surface area contributed by atoms with Crippen molar-refractivity contribution in [2.75, 3.05) is 11.9 Å². The molecule has 0 bridgehead atoms. The third kappa shape index (κ3) is 2.95. The van der Waals surface area contributed by atoms with Gasteiger partial charge in [-0.3, -0.25) is 4.79 Å². The first-order valence-electron chi connectivity index (χ1n) is 8.42. The van der Waals surface area contributed by atoms with E-state index in [4.69, 9.17) is 13.6 Å². The topological polar surface area (TPSA) is 77.5 Å². The molecule has 0 spiro atoms. The van der Waals surface area contributed by atoms with E-state index in [9.17, 15) is 4.79 Å². The Kier molecular flexibility index (Phi) is 4.18. The van der Waals surface area contributed by atoms with Crippen molar-refractivity contribution in [1.29, 1.82) is 0 Å². The van der Waals surface area contributed by atoms with E-state index >= 15 is 0 Å². The highest BCUT2D eigenvalue weighted by Crippen LogP contribution is 2.28. The summed E-state index contributed by atoms with van der Waals surface area (Å²) in [6.45, 7) is 4.57. The minimum absolute atomic E-state index is 0.260. The standard InChI is InChI=1S/C20H18N2O4/c1-3-24-11-15-14-6-4-5-7-17(14)26-19(15)20(23)22-13-8-9-18-16(10-13)21-12(2)25-18/h4-10H,3,11H2,1-2H3,(H,22,23). The molecule has 0 radical (unpaired) electrons. The van der Waals surface area contributed by atoms with E-state index in [-0.39, 0.29) is 11.7 Å². The van der Waals surface area contributed by atoms with Crippen molar-refractivity contribution in [1.82, 2.24) is 4.98 Å². The number of nitrogens with one attached hydrogen (secondary N) is 1. The van der Waals surface area contributed by atoms with Crippen LogP contribution in [0.25, 0.3) is 22.1 Å². The van der Waals surface area contributed by atoms with Crippen LogP contribution in [0.2, 0.25) is 0 Å². The van der Waals surface area contributed by atoms with E-state index < -0.39 is 0 Å². The van der Waals surface area contributed by atoms with Crippen LogP contribution in [0.1, 0.15) is 28.9 Å². The van der Waals surface area contributed by atoms with Gasteiger partial charge in [0.1, 0.15) is 11.1 Å². The fourth-order valence-electron chi connectivity index (χ4n) is 2.94. The molecule has 4 rings (SSSR count). The molecule has 2 aromatic carbocycles. The highest BCUT2D eigenvalue weighted by molar-refractivity contribution is 6.07. The lowest BCUT2D eigenvalue weighted by atomic mass is 10.1. The maximum Gasteiger partial charge on any atom is 0.291 e. The number of rotatable bonds is 5. The van der Waals surface area contributed by atoms with Gasteiger partial charge in [0.2, 0.25) is 0 Å². The number of hydrogen-bond donors (Lipinski definition) is 1. The number of aryl methyl sites for hydroxylation is 1. The number of nitrogens with zero attached hydrogens (tertiary/aromatic N) is 1. The van der Waals surface area contributed by atoms with Crippen molar-refractivity contribution in [2.45, 2.75) is 20.5 Å². The summed E-state index contributed by atoms with van der Waals surface area (Å²) in [6.07, 6.45) is 0. The molecule has 2 heterocycles. The average Bonchev–Trinajstić information content (AvgIpc) is 3.19. The largest absolute Gasteiger partial charge is 0.451 e. The van der Waals surface area contributed by atoms with E-state index in [1.54, 1.807) is 25.1 Å². The van der Waals surface area contributed by atoms with Crippen LogP contribution in [-0.4, -0.2) is 17.5 Å². The lowest BCUT2D eigenvalue weighted by Crippen LogP contribution is -2.13. The average molecular weight is 350 g/mol. The van der Waals surface area contributed by atoms with E-state index in [0.717, 1.165) is 10.9 Å². The molecule has 6 nitrogen and oxygen atoms in total. The zero-order chi connectivity index (χ0) is 18.1. The van der Waals surface area contributed by atoms with Crippen molar-refractivity contribution in [3.63, 3.8) is 0 Å². The molecule has 6 heteroatoms. The van der Waals surface area contributed by atoms with Crippen LogP contribution in [0.3, 0.4) is 0 Å². The highest BCUT2D eigenvalue weighted by atomic mass is 16.5. The monoisotopic (exact) mass is 350 g/mol. The van der Waals surface area contributed by atoms with E-state index in [1.807, 2.05) is 31.2 Å². The van der Waals surface area contributed by atoms with Crippen LogP contribution >= 0.6 is 0 Å². The molecular weight excluding hydrogens is 332 g/mol. The number of aromatic nitrogens is 1. The van der Waals surface area contributed by atoms with Gasteiger partial charge in [-0.15, -0.1) is 0 Å². The smallest absolute Gasteiger partial charge is 0.291 e. The third-order valence-corrected chi connectivity index (χ3v) is 4.11. The first kappa shape index (κ1) is 16.4. The molecule has 0 aliphatic heterocycles. The number of para-hydroxylation sites is 1. The predicted molar refractivity (Wildman–Crippen MR) is 98.2 cm³/mol. The number of benzene rings is 2. The Hall–Kier alpha value is -3.12. The van der Waals surface area contributed by atoms with Crippen molar-refractivity contribution in [2.24, 2.45) is 0 Å². The molecule has 0 fully saturated rings. The first-order chi connectivity index (χ1) is 12.7. The van der Waals surface area contributed by atoms with Crippen molar-refractivity contribution in [3.05, 3.63) is 59.7 Å². The van der Waals surface area contributed by atoms with Crippen LogP contribution in [0.4, 0.5) is 5.69 Å². The number of furan rings is 1. The van der Waals surface area contributed by atoms with Crippen LogP contribution in [0.5, 0.6) is 0 Å². The van der Waals surface area contributed by atoms with Gasteiger partial charge in [0.05, 0.1) is 6.61 Å². The summed E-state index contributed by atoms with van der Waals surface area (Å²) in [5, 5.41) is 3.75. The normalized spacial score (nSPS) is 11.3. The predicted octanol–water partition coefficient (Wildman–Crippen LogP) is 4.67. The Morgan fingerprint density at radius 2 is 2.00 bits per heavy atom. The molecule has 0 saturated carbocycles. The van der Waals surface area contributed by atoms with Gasteiger partial charge in [0, 0.05) is 30.2 Å². The van der Waals surface area contributed by atoms with Gasteiger partial charge < -0.3 is 18.9 Å². The second-order valence-corrected chi connectivity index (χ2v) is 5.91. The van der Waals surface area contributed by atoms with Crippen LogP contribution in [-0.2, 0) is 11.3 Å². The zero-order valence-electron chi connectivity index (χ0n) is 14.5. The molecule has 4 aromatic rings. The minimum atomic E-state index is -0.324. The fourth-order valence-corrected chi connectivity index (χ4v) is 2.94. The lowest BCUT2D eigenvalue weighted by Gasteiger charge is -2.05. The van der Waals surface area contributed by atoms with Crippen LogP contribution < -0.4 is 5.32 Å². The summed E-state index contributed by atoms with van der Waals surface area (Å²) in [5.41, 5.74) is 3.41. The molecular formula is C20H18N2O4. The molecule has 0 aliphatic carbocycles. The zero-order valence-corrected chi connectivity index (χ0v) is 14.5. The maximum atomic E-state index is 12.8. The first-order valence-corrected chi connectivity index (χ1v) is 8.42. The number of oxazole rings is 1. The van der Waals surface area contributed by atoms with Crippen molar-refractivity contribution >= 4 is 33.7 Å². The minimum Gasteiger partial charge on any atom is -0.451 e. The van der Waals surface area contributed by atoms with E-state index in [1.165, 1.54) is 0 Å². The molecule has 2 aromatic heterocycles. The van der Waals surface area contributed by atoms with Gasteiger partial charge in [-0.2, -0.15) is 0 Å². The second-order valence-electron chi connectivity index (χ2n) is 5.91. The van der Waals surface area contributed by atoms with Crippen molar-refractivity contribution < 1.29 is 18.4 Å². The molecule has 0 unspecified atom stereocenters. The molecule has 26 heavy (non-hydrogen) atoms. The van der Waals surface area contributed by atoms with Crippen LogP contribution in [0, 0.1) is 6.92 Å². The van der Waals surface area contributed by atoms with Crippen molar-refractivity contribution in [3.8, 4) is 0 Å². The highest BCUT2D eigenvalue weighted by Gasteiger charge is 2.21. The maximum absolute atomic E-state index is 12.8. The quantitative estimate of drug-likeness (QED) is 0.566. The number of carbonyl (C=O) groups is 1. The summed E-state index contributed by atoms with van der Waals surface area (Å²) in [4.78, 5) is 17.1. The van der Waals surface area contributed by atoms with Gasteiger partial charge in [-0.25, -0.2) is 4.98 Å². The van der Waals surface area contributed by atoms with Crippen LogP contribution in [0.15, 0.2) is 51.3 Å². The van der Waals surface area contributed by atoms with Gasteiger partial charge in [-0.05, 0) is 31.2 Å². The summed E-state index contributed by atoms with van der Waals surface area (Å²) < 4.78 is 16.8.